The fourth-order valence-electron chi connectivity index (χ4n) is 8.14. The number of piperidine rings is 1. The van der Waals surface area contributed by atoms with E-state index in [1.54, 1.807) is 0 Å². The van der Waals surface area contributed by atoms with Crippen LogP contribution in [0.2, 0.25) is 0 Å². The molecule has 2 nitrogen and oxygen atoms in total. The topological polar surface area (TPSA) is 29.3 Å². The van der Waals surface area contributed by atoms with E-state index in [1.807, 2.05) is 0 Å². The molecule has 0 unspecified atom stereocenters. The first-order valence-electron chi connectivity index (χ1n) is 16.6. The summed E-state index contributed by atoms with van der Waals surface area (Å²) in [5.74, 6) is 0. The van der Waals surface area contributed by atoms with Crippen molar-refractivity contribution in [1.82, 2.24) is 4.90 Å². The molecule has 0 bridgehead atoms. The van der Waals surface area contributed by atoms with Crippen molar-refractivity contribution < 1.29 is 0 Å². The van der Waals surface area contributed by atoms with Crippen LogP contribution in [0.3, 0.4) is 0 Å². The Morgan fingerprint density at radius 3 is 1.51 bits per heavy atom. The maximum absolute atomic E-state index is 7.48. The Hall–Kier alpha value is -3.20. The van der Waals surface area contributed by atoms with Crippen molar-refractivity contribution in [3.05, 3.63) is 143 Å². The van der Waals surface area contributed by atoms with Crippen LogP contribution in [0.5, 0.6) is 0 Å². The van der Waals surface area contributed by atoms with Crippen LogP contribution in [0.15, 0.2) is 109 Å². The maximum Gasteiger partial charge on any atom is 0.0463 e. The lowest BCUT2D eigenvalue weighted by Gasteiger charge is -2.54. The van der Waals surface area contributed by atoms with Crippen molar-refractivity contribution in [2.24, 2.45) is 5.73 Å². The van der Waals surface area contributed by atoms with Crippen molar-refractivity contribution in [3.63, 3.8) is 0 Å². The van der Waals surface area contributed by atoms with Crippen LogP contribution in [-0.4, -0.2) is 30.1 Å². The quantitative estimate of drug-likeness (QED) is 0.171. The van der Waals surface area contributed by atoms with Crippen LogP contribution in [0.4, 0.5) is 0 Å². The summed E-state index contributed by atoms with van der Waals surface area (Å²) >= 11 is 0. The summed E-state index contributed by atoms with van der Waals surface area (Å²) in [5, 5.41) is 0. The van der Waals surface area contributed by atoms with Gasteiger partial charge in [-0.2, -0.15) is 0 Å². The molecule has 4 aromatic carbocycles. The number of hydrogen-bond donors (Lipinski definition) is 1. The van der Waals surface area contributed by atoms with Gasteiger partial charge >= 0.3 is 0 Å². The van der Waals surface area contributed by atoms with E-state index in [1.165, 1.54) is 33.4 Å². The van der Waals surface area contributed by atoms with Crippen LogP contribution in [0.25, 0.3) is 0 Å². The van der Waals surface area contributed by atoms with Gasteiger partial charge in [0.15, 0.2) is 0 Å². The van der Waals surface area contributed by atoms with Gasteiger partial charge in [-0.05, 0) is 87.8 Å². The third-order valence-electron chi connectivity index (χ3n) is 10.5. The molecule has 5 rings (SSSR count). The first-order chi connectivity index (χ1) is 20.9. The lowest BCUT2D eigenvalue weighted by atomic mass is 9.57. The molecule has 0 spiro atoms. The molecular formula is C41H52N2. The van der Waals surface area contributed by atoms with Gasteiger partial charge in [0.1, 0.15) is 0 Å². The van der Waals surface area contributed by atoms with Gasteiger partial charge in [0.25, 0.3) is 0 Å². The van der Waals surface area contributed by atoms with Crippen molar-refractivity contribution >= 4 is 0 Å². The molecule has 226 valence electrons. The largest absolute Gasteiger partial charge is 0.324 e. The Morgan fingerprint density at radius 2 is 1.05 bits per heavy atom. The maximum atomic E-state index is 7.48. The molecule has 0 amide bonds. The highest BCUT2D eigenvalue weighted by atomic mass is 15.1. The Balaban J connectivity index is 1.48. The molecule has 1 saturated heterocycles. The second kappa shape index (κ2) is 13.6. The van der Waals surface area contributed by atoms with E-state index in [4.69, 9.17) is 5.73 Å². The van der Waals surface area contributed by atoms with E-state index in [9.17, 15) is 0 Å². The minimum Gasteiger partial charge on any atom is -0.324 e. The molecule has 0 radical (unpaired) electrons. The molecule has 2 N–H and O–H groups in total. The lowest BCUT2D eigenvalue weighted by molar-refractivity contribution is 0.0784. The smallest absolute Gasteiger partial charge is 0.0463 e. The van der Waals surface area contributed by atoms with Gasteiger partial charge < -0.3 is 10.6 Å². The van der Waals surface area contributed by atoms with Gasteiger partial charge in [-0.1, -0.05) is 147 Å². The van der Waals surface area contributed by atoms with E-state index in [2.05, 4.69) is 142 Å². The Morgan fingerprint density at radius 1 is 0.605 bits per heavy atom. The first kappa shape index (κ1) is 31.2. The number of nitrogens with zero attached hydrogens (tertiary/aromatic N) is 1. The number of hydrogen-bond acceptors (Lipinski definition) is 2. The average molecular weight is 573 g/mol. The molecule has 0 aromatic heterocycles. The first-order valence-corrected chi connectivity index (χ1v) is 16.6. The number of benzene rings is 4. The molecule has 0 saturated carbocycles. The van der Waals surface area contributed by atoms with Crippen molar-refractivity contribution in [3.8, 4) is 0 Å². The summed E-state index contributed by atoms with van der Waals surface area (Å²) in [6, 6.07) is 41.0. The van der Waals surface area contributed by atoms with Crippen molar-refractivity contribution in [2.45, 2.75) is 89.0 Å². The Kier molecular flexibility index (Phi) is 9.89. The van der Waals surface area contributed by atoms with Crippen LogP contribution >= 0.6 is 0 Å². The normalized spacial score (nSPS) is 15.8. The molecule has 0 atom stereocenters. The molecule has 43 heavy (non-hydrogen) atoms. The van der Waals surface area contributed by atoms with Crippen molar-refractivity contribution in [2.75, 3.05) is 19.6 Å². The highest BCUT2D eigenvalue weighted by molar-refractivity contribution is 5.51. The number of likely N-dealkylation sites (tertiary alicyclic amines) is 1. The third-order valence-corrected chi connectivity index (χ3v) is 10.5. The number of rotatable bonds is 12. The summed E-state index contributed by atoms with van der Waals surface area (Å²) in [5.41, 5.74) is 15.2. The summed E-state index contributed by atoms with van der Waals surface area (Å²) in [6.07, 6.45) is 7.66. The number of aryl methyl sites for hydroxylation is 2. The fraction of sp³-hybridized carbons (Fsp3) is 0.415. The van der Waals surface area contributed by atoms with E-state index in [-0.39, 0.29) is 16.4 Å². The van der Waals surface area contributed by atoms with Gasteiger partial charge in [0, 0.05) is 16.4 Å². The summed E-state index contributed by atoms with van der Waals surface area (Å²) in [4.78, 5) is 2.72. The Labute approximate surface area is 261 Å². The highest BCUT2D eigenvalue weighted by Crippen LogP contribution is 2.48. The highest BCUT2D eigenvalue weighted by Gasteiger charge is 2.50. The predicted molar refractivity (Wildman–Crippen MR) is 184 cm³/mol. The predicted octanol–water partition coefficient (Wildman–Crippen LogP) is 9.36. The van der Waals surface area contributed by atoms with Gasteiger partial charge in [0.05, 0.1) is 0 Å². The van der Waals surface area contributed by atoms with Crippen LogP contribution in [-0.2, 0) is 10.8 Å². The van der Waals surface area contributed by atoms with E-state index < -0.39 is 0 Å². The molecule has 1 fully saturated rings. The average Bonchev–Trinajstić information content (AvgIpc) is 3.04. The zero-order valence-corrected chi connectivity index (χ0v) is 27.0. The van der Waals surface area contributed by atoms with Crippen molar-refractivity contribution in [1.29, 1.82) is 0 Å². The van der Waals surface area contributed by atoms with Gasteiger partial charge in [0.2, 0.25) is 0 Å². The van der Waals surface area contributed by atoms with Gasteiger partial charge in [-0.25, -0.2) is 0 Å². The van der Waals surface area contributed by atoms with Crippen LogP contribution in [0, 0.1) is 13.8 Å². The SMILES string of the molecule is CCCC(N)(CCC)C1(c2ccccc2)CCN(CCC(c2ccccc2)(c2ccc(C)cc2)c2ccc(C)cc2)CC1. The second-order valence-corrected chi connectivity index (χ2v) is 13.2. The molecule has 0 aliphatic carbocycles. The zero-order valence-electron chi connectivity index (χ0n) is 27.0. The van der Waals surface area contributed by atoms with Gasteiger partial charge in [-0.3, -0.25) is 0 Å². The minimum atomic E-state index is -0.224. The van der Waals surface area contributed by atoms with Crippen LogP contribution in [0.1, 0.15) is 92.2 Å². The lowest BCUT2D eigenvalue weighted by Crippen LogP contribution is -2.62. The monoisotopic (exact) mass is 572 g/mol. The fourth-order valence-corrected chi connectivity index (χ4v) is 8.14. The molecule has 1 aliphatic rings. The Bertz CT molecular complexity index is 1350. The third kappa shape index (κ3) is 6.24. The summed E-state index contributed by atoms with van der Waals surface area (Å²) < 4.78 is 0. The molecule has 4 aromatic rings. The summed E-state index contributed by atoms with van der Waals surface area (Å²) in [6.45, 7) is 12.2. The zero-order chi connectivity index (χ0) is 30.3. The standard InChI is InChI=1S/C41H52N2/c1-5-25-40(42,26-6-2)39(35-13-9-7-10-14-35)27-30-43(31-28-39)32-29-41(36-15-11-8-12-16-36,37-21-17-33(3)18-22-37)38-23-19-34(4)20-24-38/h7-24H,5-6,25-32,42H2,1-4H3. The van der Waals surface area contributed by atoms with E-state index >= 15 is 0 Å². The summed E-state index contributed by atoms with van der Waals surface area (Å²) in [7, 11) is 0. The van der Waals surface area contributed by atoms with E-state index in [0.717, 1.165) is 64.6 Å². The second-order valence-electron chi connectivity index (χ2n) is 13.2. The number of nitrogens with two attached hydrogens (primary N) is 1. The molecule has 1 aliphatic heterocycles. The van der Waals surface area contributed by atoms with Gasteiger partial charge in [-0.15, -0.1) is 0 Å². The van der Waals surface area contributed by atoms with Crippen LogP contribution < -0.4 is 5.73 Å². The minimum absolute atomic E-state index is 0.0151. The molecule has 2 heteroatoms. The molecular weight excluding hydrogens is 520 g/mol. The van der Waals surface area contributed by atoms with E-state index in [0.29, 0.717) is 0 Å². The molecule has 1 heterocycles.